The van der Waals surface area contributed by atoms with Crippen molar-refractivity contribution >= 4 is 11.6 Å². The van der Waals surface area contributed by atoms with E-state index in [0.29, 0.717) is 0 Å². The molecule has 6 heteroatoms. The van der Waals surface area contributed by atoms with E-state index in [-0.39, 0.29) is 6.04 Å². The Morgan fingerprint density at radius 3 is 2.52 bits per heavy atom. The van der Waals surface area contributed by atoms with Crippen molar-refractivity contribution in [3.8, 4) is 0 Å². The van der Waals surface area contributed by atoms with Crippen molar-refractivity contribution in [1.82, 2.24) is 15.1 Å². The molecule has 0 saturated carbocycles. The van der Waals surface area contributed by atoms with Crippen molar-refractivity contribution < 1.29 is 4.52 Å². The fourth-order valence-corrected chi connectivity index (χ4v) is 2.44. The first-order chi connectivity index (χ1) is 10.0. The van der Waals surface area contributed by atoms with E-state index in [1.807, 2.05) is 27.0 Å². The number of nitrogens with zero attached hydrogens (tertiary/aromatic N) is 3. The van der Waals surface area contributed by atoms with Crippen LogP contribution in [0.5, 0.6) is 0 Å². The van der Waals surface area contributed by atoms with Crippen molar-refractivity contribution in [3.63, 3.8) is 0 Å². The molecular weight excluding hydrogens is 266 g/mol. The summed E-state index contributed by atoms with van der Waals surface area (Å²) in [4.78, 5) is 9.02. The van der Waals surface area contributed by atoms with Crippen LogP contribution in [0.15, 0.2) is 10.6 Å². The molecule has 2 rings (SSSR count). The smallest absolute Gasteiger partial charge is 0.139 e. The maximum atomic E-state index is 5.23. The Morgan fingerprint density at radius 2 is 1.95 bits per heavy atom. The Hall–Kier alpha value is -2.11. The summed E-state index contributed by atoms with van der Waals surface area (Å²) in [6.07, 6.45) is 1.88. The zero-order chi connectivity index (χ0) is 15.4. The largest absolute Gasteiger partial charge is 0.373 e. The van der Waals surface area contributed by atoms with Crippen LogP contribution >= 0.6 is 0 Å². The molecule has 0 bridgehead atoms. The predicted octanol–water partition coefficient (Wildman–Crippen LogP) is 3.25. The highest BCUT2D eigenvalue weighted by molar-refractivity contribution is 5.49. The van der Waals surface area contributed by atoms with E-state index in [4.69, 9.17) is 4.52 Å². The van der Waals surface area contributed by atoms with Crippen LogP contribution in [0.4, 0.5) is 11.6 Å². The van der Waals surface area contributed by atoms with E-state index in [2.05, 4.69) is 39.6 Å². The molecule has 2 aromatic heterocycles. The summed E-state index contributed by atoms with van der Waals surface area (Å²) in [5.74, 6) is 3.31. The van der Waals surface area contributed by atoms with E-state index in [1.165, 1.54) is 0 Å². The van der Waals surface area contributed by atoms with Gasteiger partial charge in [-0.15, -0.1) is 0 Å². The lowest BCUT2D eigenvalue weighted by Gasteiger charge is -2.15. The minimum absolute atomic E-state index is 0.0744. The van der Waals surface area contributed by atoms with Gasteiger partial charge < -0.3 is 15.2 Å². The first-order valence-corrected chi connectivity index (χ1v) is 7.30. The summed E-state index contributed by atoms with van der Waals surface area (Å²) >= 11 is 0. The van der Waals surface area contributed by atoms with Gasteiger partial charge in [0.15, 0.2) is 0 Å². The quantitative estimate of drug-likeness (QED) is 0.850. The molecule has 0 radical (unpaired) electrons. The molecule has 0 saturated heterocycles. The summed E-state index contributed by atoms with van der Waals surface area (Å²) in [5, 5.41) is 10.5. The molecule has 2 heterocycles. The third-order valence-corrected chi connectivity index (χ3v) is 3.39. The average molecular weight is 289 g/mol. The summed E-state index contributed by atoms with van der Waals surface area (Å²) in [6.45, 7) is 8.07. The summed E-state index contributed by atoms with van der Waals surface area (Å²) in [5.41, 5.74) is 1.99. The highest BCUT2D eigenvalue weighted by Gasteiger charge is 2.17. The normalized spacial score (nSPS) is 12.2. The molecule has 0 aliphatic carbocycles. The van der Waals surface area contributed by atoms with Crippen LogP contribution < -0.4 is 10.6 Å². The van der Waals surface area contributed by atoms with Crippen LogP contribution in [0.3, 0.4) is 0 Å². The minimum Gasteiger partial charge on any atom is -0.373 e. The van der Waals surface area contributed by atoms with Crippen molar-refractivity contribution in [2.75, 3.05) is 17.7 Å². The maximum Gasteiger partial charge on any atom is 0.139 e. The van der Waals surface area contributed by atoms with E-state index in [1.54, 1.807) is 0 Å². The lowest BCUT2D eigenvalue weighted by Crippen LogP contribution is -2.11. The minimum atomic E-state index is 0.0744. The molecule has 1 unspecified atom stereocenters. The van der Waals surface area contributed by atoms with Crippen LogP contribution in [-0.4, -0.2) is 22.2 Å². The van der Waals surface area contributed by atoms with E-state index >= 15 is 0 Å². The third-order valence-electron chi connectivity index (χ3n) is 3.39. The molecule has 0 spiro atoms. The Kier molecular flexibility index (Phi) is 4.77. The third kappa shape index (κ3) is 3.51. The van der Waals surface area contributed by atoms with Crippen molar-refractivity contribution in [1.29, 1.82) is 0 Å². The number of rotatable bonds is 6. The molecule has 2 aromatic rings. The molecule has 0 fully saturated rings. The predicted molar refractivity (Wildman–Crippen MR) is 83.6 cm³/mol. The van der Waals surface area contributed by atoms with Gasteiger partial charge in [0, 0.05) is 25.1 Å². The molecule has 21 heavy (non-hydrogen) atoms. The van der Waals surface area contributed by atoms with Gasteiger partial charge in [0.25, 0.3) is 0 Å². The van der Waals surface area contributed by atoms with Crippen LogP contribution in [0.25, 0.3) is 0 Å². The van der Waals surface area contributed by atoms with Crippen LogP contribution in [0.1, 0.15) is 49.2 Å². The van der Waals surface area contributed by atoms with Gasteiger partial charge in [-0.05, 0) is 27.2 Å². The molecule has 0 amide bonds. The highest BCUT2D eigenvalue weighted by Crippen LogP contribution is 2.25. The zero-order valence-electron chi connectivity index (χ0n) is 13.3. The number of aryl methyl sites for hydroxylation is 3. The van der Waals surface area contributed by atoms with Gasteiger partial charge in [-0.2, -0.15) is 0 Å². The second-order valence-electron chi connectivity index (χ2n) is 5.16. The van der Waals surface area contributed by atoms with Gasteiger partial charge in [-0.3, -0.25) is 0 Å². The Balaban J connectivity index is 2.24. The number of anilines is 2. The van der Waals surface area contributed by atoms with E-state index in [9.17, 15) is 0 Å². The molecule has 0 aromatic carbocycles. The number of aromatic nitrogens is 3. The van der Waals surface area contributed by atoms with Crippen molar-refractivity contribution in [2.24, 2.45) is 0 Å². The van der Waals surface area contributed by atoms with Crippen LogP contribution in [0.2, 0.25) is 0 Å². The molecule has 0 aliphatic heterocycles. The molecule has 0 aliphatic rings. The molecular formula is C15H23N5O. The second-order valence-corrected chi connectivity index (χ2v) is 5.16. The van der Waals surface area contributed by atoms with Gasteiger partial charge in [0.2, 0.25) is 0 Å². The average Bonchev–Trinajstić information content (AvgIpc) is 2.78. The maximum absolute atomic E-state index is 5.23. The lowest BCUT2D eigenvalue weighted by atomic mass is 10.1. The van der Waals surface area contributed by atoms with E-state index in [0.717, 1.165) is 47.3 Å². The Labute approximate surface area is 125 Å². The number of hydrogen-bond acceptors (Lipinski definition) is 6. The van der Waals surface area contributed by atoms with Crippen molar-refractivity contribution in [2.45, 2.75) is 46.6 Å². The molecule has 1 atom stereocenters. The SMILES string of the molecule is CCCc1nc(NC)cc(NC(C)c2c(C)noc2C)n1. The standard InChI is InChI=1S/C15H23N5O/c1-6-7-12-18-13(16-5)8-14(19-12)17-9(2)15-10(3)20-21-11(15)4/h8-9H,6-7H2,1-5H3,(H2,16,17,18,19). The van der Waals surface area contributed by atoms with Crippen molar-refractivity contribution in [3.05, 3.63) is 28.9 Å². The van der Waals surface area contributed by atoms with Gasteiger partial charge in [-0.25, -0.2) is 9.97 Å². The van der Waals surface area contributed by atoms with Crippen LogP contribution in [-0.2, 0) is 6.42 Å². The van der Waals surface area contributed by atoms with Gasteiger partial charge >= 0.3 is 0 Å². The topological polar surface area (TPSA) is 75.9 Å². The fourth-order valence-electron chi connectivity index (χ4n) is 2.44. The lowest BCUT2D eigenvalue weighted by molar-refractivity contribution is 0.392. The second kappa shape index (κ2) is 6.56. The monoisotopic (exact) mass is 289 g/mol. The number of hydrogen-bond donors (Lipinski definition) is 2. The molecule has 2 N–H and O–H groups in total. The highest BCUT2D eigenvalue weighted by atomic mass is 16.5. The number of nitrogens with one attached hydrogen (secondary N) is 2. The molecule has 6 nitrogen and oxygen atoms in total. The Bertz CT molecular complexity index is 589. The summed E-state index contributed by atoms with van der Waals surface area (Å²) in [7, 11) is 1.86. The van der Waals surface area contributed by atoms with E-state index < -0.39 is 0 Å². The molecule has 114 valence electrons. The first-order valence-electron chi connectivity index (χ1n) is 7.30. The van der Waals surface area contributed by atoms with Gasteiger partial charge in [0.05, 0.1) is 11.7 Å². The summed E-state index contributed by atoms with van der Waals surface area (Å²) < 4.78 is 5.23. The van der Waals surface area contributed by atoms with Gasteiger partial charge in [0.1, 0.15) is 23.2 Å². The van der Waals surface area contributed by atoms with Gasteiger partial charge in [-0.1, -0.05) is 12.1 Å². The first kappa shape index (κ1) is 15.3. The zero-order valence-corrected chi connectivity index (χ0v) is 13.3. The summed E-state index contributed by atoms with van der Waals surface area (Å²) in [6, 6.07) is 1.98. The van der Waals surface area contributed by atoms with Crippen LogP contribution in [0, 0.1) is 13.8 Å². The Morgan fingerprint density at radius 1 is 1.24 bits per heavy atom. The fraction of sp³-hybridized carbons (Fsp3) is 0.533.